The molecular formula is C18H22N2O. The highest BCUT2D eigenvalue weighted by Crippen LogP contribution is 2.34. The van der Waals surface area contributed by atoms with Crippen molar-refractivity contribution in [3.63, 3.8) is 0 Å². The molecule has 3 heteroatoms. The van der Waals surface area contributed by atoms with Crippen LogP contribution in [0.4, 0.5) is 11.4 Å². The monoisotopic (exact) mass is 282 g/mol. The lowest BCUT2D eigenvalue weighted by Crippen LogP contribution is -2.26. The standard InChI is InChI=1S/C18H22N2O/c1-21-17-8-4-6-14-10-12-15(20-18(14)17)11-9-13-5-2-3-7-16(13)19/h2-8,15,20H,9-12,19H2,1H3/t15-/m0/s1. The van der Waals surface area contributed by atoms with Gasteiger partial charge in [-0.15, -0.1) is 0 Å². The number of aryl methyl sites for hydroxylation is 2. The summed E-state index contributed by atoms with van der Waals surface area (Å²) >= 11 is 0. The maximum Gasteiger partial charge on any atom is 0.142 e. The van der Waals surface area contributed by atoms with Crippen molar-refractivity contribution in [3.8, 4) is 5.75 Å². The minimum Gasteiger partial charge on any atom is -0.495 e. The van der Waals surface area contributed by atoms with Crippen molar-refractivity contribution < 1.29 is 4.74 Å². The molecule has 0 saturated heterocycles. The molecular weight excluding hydrogens is 260 g/mol. The highest BCUT2D eigenvalue weighted by molar-refractivity contribution is 5.64. The second-order valence-electron chi connectivity index (χ2n) is 5.61. The summed E-state index contributed by atoms with van der Waals surface area (Å²) in [6, 6.07) is 14.9. The number of fused-ring (bicyclic) bond motifs is 1. The Balaban J connectivity index is 1.68. The van der Waals surface area contributed by atoms with Gasteiger partial charge in [0.05, 0.1) is 12.8 Å². The molecule has 0 aromatic heterocycles. The number of ether oxygens (including phenoxy) is 1. The maximum atomic E-state index is 6.02. The second kappa shape index (κ2) is 6.08. The highest BCUT2D eigenvalue weighted by atomic mass is 16.5. The molecule has 0 saturated carbocycles. The Morgan fingerprint density at radius 3 is 2.86 bits per heavy atom. The van der Waals surface area contributed by atoms with Gasteiger partial charge in [0.2, 0.25) is 0 Å². The molecule has 2 aromatic carbocycles. The molecule has 1 atom stereocenters. The molecule has 3 N–H and O–H groups in total. The average Bonchev–Trinajstić information content (AvgIpc) is 2.53. The van der Waals surface area contributed by atoms with E-state index in [1.54, 1.807) is 7.11 Å². The van der Waals surface area contributed by atoms with E-state index >= 15 is 0 Å². The van der Waals surface area contributed by atoms with E-state index in [1.807, 2.05) is 18.2 Å². The number of rotatable bonds is 4. The Morgan fingerprint density at radius 2 is 2.05 bits per heavy atom. The summed E-state index contributed by atoms with van der Waals surface area (Å²) in [7, 11) is 1.73. The van der Waals surface area contributed by atoms with Crippen LogP contribution in [0.25, 0.3) is 0 Å². The van der Waals surface area contributed by atoms with Gasteiger partial charge >= 0.3 is 0 Å². The minimum atomic E-state index is 0.480. The number of benzene rings is 2. The van der Waals surface area contributed by atoms with Crippen LogP contribution < -0.4 is 15.8 Å². The van der Waals surface area contributed by atoms with Crippen LogP contribution in [0.2, 0.25) is 0 Å². The van der Waals surface area contributed by atoms with Gasteiger partial charge in [-0.25, -0.2) is 0 Å². The maximum absolute atomic E-state index is 6.02. The van der Waals surface area contributed by atoms with E-state index in [0.717, 1.165) is 42.8 Å². The Kier molecular flexibility index (Phi) is 4.00. The topological polar surface area (TPSA) is 47.3 Å². The first-order valence-corrected chi connectivity index (χ1v) is 7.53. The first-order valence-electron chi connectivity index (χ1n) is 7.53. The molecule has 0 amide bonds. The lowest BCUT2D eigenvalue weighted by atomic mass is 9.93. The molecule has 0 radical (unpaired) electrons. The quantitative estimate of drug-likeness (QED) is 0.842. The van der Waals surface area contributed by atoms with Crippen LogP contribution in [0.1, 0.15) is 24.0 Å². The van der Waals surface area contributed by atoms with Gasteiger partial charge in [-0.1, -0.05) is 30.3 Å². The van der Waals surface area contributed by atoms with E-state index in [4.69, 9.17) is 10.5 Å². The van der Waals surface area contributed by atoms with Gasteiger partial charge in [0.15, 0.2) is 0 Å². The van der Waals surface area contributed by atoms with Crippen molar-refractivity contribution in [2.45, 2.75) is 31.7 Å². The third-order valence-electron chi connectivity index (χ3n) is 4.26. The van der Waals surface area contributed by atoms with Crippen molar-refractivity contribution >= 4 is 11.4 Å². The molecule has 1 aliphatic rings. The van der Waals surface area contributed by atoms with E-state index in [2.05, 4.69) is 29.6 Å². The van der Waals surface area contributed by atoms with Crippen LogP contribution in [0.15, 0.2) is 42.5 Å². The zero-order chi connectivity index (χ0) is 14.7. The Labute approximate surface area is 126 Å². The second-order valence-corrected chi connectivity index (χ2v) is 5.61. The van der Waals surface area contributed by atoms with Crippen LogP contribution in [0.3, 0.4) is 0 Å². The third kappa shape index (κ3) is 2.97. The van der Waals surface area contributed by atoms with Crippen molar-refractivity contribution in [1.82, 2.24) is 0 Å². The molecule has 110 valence electrons. The number of nitrogens with one attached hydrogen (secondary N) is 1. The van der Waals surface area contributed by atoms with Gasteiger partial charge in [-0.05, 0) is 48.9 Å². The predicted octanol–water partition coefficient (Wildman–Crippen LogP) is 3.64. The van der Waals surface area contributed by atoms with Crippen molar-refractivity contribution in [3.05, 3.63) is 53.6 Å². The molecule has 0 bridgehead atoms. The summed E-state index contributed by atoms with van der Waals surface area (Å²) in [4.78, 5) is 0. The third-order valence-corrected chi connectivity index (χ3v) is 4.26. The van der Waals surface area contributed by atoms with Gasteiger partial charge in [-0.2, -0.15) is 0 Å². The van der Waals surface area contributed by atoms with Gasteiger partial charge in [0.25, 0.3) is 0 Å². The number of hydrogen-bond donors (Lipinski definition) is 2. The van der Waals surface area contributed by atoms with Gasteiger partial charge in [-0.3, -0.25) is 0 Å². The fourth-order valence-corrected chi connectivity index (χ4v) is 3.03. The zero-order valence-electron chi connectivity index (χ0n) is 12.4. The van der Waals surface area contributed by atoms with E-state index in [1.165, 1.54) is 11.1 Å². The van der Waals surface area contributed by atoms with Crippen LogP contribution in [0.5, 0.6) is 5.75 Å². The van der Waals surface area contributed by atoms with Crippen LogP contribution in [-0.4, -0.2) is 13.2 Å². The number of hydrogen-bond acceptors (Lipinski definition) is 3. The lowest BCUT2D eigenvalue weighted by Gasteiger charge is -2.28. The smallest absolute Gasteiger partial charge is 0.142 e. The summed E-state index contributed by atoms with van der Waals surface area (Å²) in [5, 5.41) is 3.64. The van der Waals surface area contributed by atoms with E-state index in [9.17, 15) is 0 Å². The van der Waals surface area contributed by atoms with Gasteiger partial charge in [0.1, 0.15) is 5.75 Å². The molecule has 1 aliphatic heterocycles. The number of anilines is 2. The molecule has 0 unspecified atom stereocenters. The molecule has 0 fully saturated rings. The number of methoxy groups -OCH3 is 1. The first-order chi connectivity index (χ1) is 10.3. The lowest BCUT2D eigenvalue weighted by molar-refractivity contribution is 0.413. The molecule has 0 aliphatic carbocycles. The summed E-state index contributed by atoms with van der Waals surface area (Å²) in [5.41, 5.74) is 10.7. The molecule has 3 nitrogen and oxygen atoms in total. The van der Waals surface area contributed by atoms with E-state index < -0.39 is 0 Å². The summed E-state index contributed by atoms with van der Waals surface area (Å²) in [5.74, 6) is 0.941. The van der Waals surface area contributed by atoms with Gasteiger partial charge in [0, 0.05) is 11.7 Å². The summed E-state index contributed by atoms with van der Waals surface area (Å²) in [6.07, 6.45) is 4.36. The van der Waals surface area contributed by atoms with Crippen LogP contribution in [0, 0.1) is 0 Å². The number of nitrogens with two attached hydrogens (primary N) is 1. The van der Waals surface area contributed by atoms with Crippen molar-refractivity contribution in [1.29, 1.82) is 0 Å². The highest BCUT2D eigenvalue weighted by Gasteiger charge is 2.20. The molecule has 1 heterocycles. The SMILES string of the molecule is COc1cccc2c1N[C@@H](CCc1ccccc1N)CC2. The Bertz CT molecular complexity index is 610. The molecule has 3 rings (SSSR count). The molecule has 0 spiro atoms. The minimum absolute atomic E-state index is 0.480. The zero-order valence-corrected chi connectivity index (χ0v) is 12.4. The van der Waals surface area contributed by atoms with Crippen LogP contribution >= 0.6 is 0 Å². The average molecular weight is 282 g/mol. The first kappa shape index (κ1) is 13.8. The fraction of sp³-hybridized carbons (Fsp3) is 0.333. The largest absolute Gasteiger partial charge is 0.495 e. The molecule has 21 heavy (non-hydrogen) atoms. The number of para-hydroxylation sites is 2. The molecule has 2 aromatic rings. The number of nitrogen functional groups attached to an aromatic ring is 1. The fourth-order valence-electron chi connectivity index (χ4n) is 3.03. The summed E-state index contributed by atoms with van der Waals surface area (Å²) in [6.45, 7) is 0. The predicted molar refractivity (Wildman–Crippen MR) is 87.9 cm³/mol. The van der Waals surface area contributed by atoms with E-state index in [0.29, 0.717) is 6.04 Å². The van der Waals surface area contributed by atoms with Crippen molar-refractivity contribution in [2.75, 3.05) is 18.2 Å². The van der Waals surface area contributed by atoms with Crippen LogP contribution in [-0.2, 0) is 12.8 Å². The Hall–Kier alpha value is -2.16. The van der Waals surface area contributed by atoms with Crippen molar-refractivity contribution in [2.24, 2.45) is 0 Å². The van der Waals surface area contributed by atoms with Gasteiger partial charge < -0.3 is 15.8 Å². The Morgan fingerprint density at radius 1 is 1.19 bits per heavy atom. The summed E-state index contributed by atoms with van der Waals surface area (Å²) < 4.78 is 5.46. The van der Waals surface area contributed by atoms with E-state index in [-0.39, 0.29) is 0 Å². The normalized spacial score (nSPS) is 16.9.